The first-order valence-electron chi connectivity index (χ1n) is 14.2. The van der Waals surface area contributed by atoms with Gasteiger partial charge in [-0.05, 0) is 49.2 Å². The zero-order chi connectivity index (χ0) is 26.7. The van der Waals surface area contributed by atoms with Crippen LogP contribution in [0.3, 0.4) is 0 Å². The fourth-order valence-corrected chi connectivity index (χ4v) is 7.05. The highest BCUT2D eigenvalue weighted by Gasteiger charge is 2.37. The van der Waals surface area contributed by atoms with Crippen molar-refractivity contribution in [3.63, 3.8) is 0 Å². The summed E-state index contributed by atoms with van der Waals surface area (Å²) in [5.74, 6) is 1.06. The summed E-state index contributed by atoms with van der Waals surface area (Å²) >= 11 is 3.55. The SMILES string of the molecule is COC(=O)c1ccc2c(c1)C(C(=O)NC1CC[N+](C)(CC3CCCCCCC3)CC1)c1cc(Br)ccc1O2. The highest BCUT2D eigenvalue weighted by Crippen LogP contribution is 2.45. The summed E-state index contributed by atoms with van der Waals surface area (Å²) < 4.78 is 13.1. The Kier molecular flexibility index (Phi) is 8.44. The van der Waals surface area contributed by atoms with E-state index in [2.05, 4.69) is 28.3 Å². The molecule has 0 aromatic heterocycles. The van der Waals surface area contributed by atoms with E-state index in [-0.39, 0.29) is 11.9 Å². The molecule has 2 aliphatic heterocycles. The third-order valence-electron chi connectivity index (χ3n) is 8.81. The molecule has 0 spiro atoms. The molecule has 7 heteroatoms. The molecule has 0 radical (unpaired) electrons. The molecule has 3 aliphatic rings. The monoisotopic (exact) mass is 583 g/mol. The lowest BCUT2D eigenvalue weighted by atomic mass is 9.85. The second kappa shape index (κ2) is 11.8. The fourth-order valence-electron chi connectivity index (χ4n) is 6.67. The summed E-state index contributed by atoms with van der Waals surface area (Å²) in [6.45, 7) is 3.46. The largest absolute Gasteiger partial charge is 0.465 e. The van der Waals surface area contributed by atoms with Gasteiger partial charge in [0, 0.05) is 40.4 Å². The summed E-state index contributed by atoms with van der Waals surface area (Å²) in [5, 5.41) is 3.38. The van der Waals surface area contributed by atoms with E-state index >= 15 is 0 Å². The van der Waals surface area contributed by atoms with Crippen molar-refractivity contribution in [2.24, 2.45) is 5.92 Å². The maximum absolute atomic E-state index is 13.9. The van der Waals surface area contributed by atoms with Gasteiger partial charge >= 0.3 is 5.97 Å². The van der Waals surface area contributed by atoms with Gasteiger partial charge in [-0.25, -0.2) is 4.79 Å². The van der Waals surface area contributed by atoms with Crippen molar-refractivity contribution in [1.29, 1.82) is 0 Å². The number of hydrogen-bond acceptors (Lipinski definition) is 4. The normalized spacial score (nSPS) is 25.7. The van der Waals surface area contributed by atoms with Gasteiger partial charge in [-0.15, -0.1) is 0 Å². The molecule has 1 aliphatic carbocycles. The summed E-state index contributed by atoms with van der Waals surface area (Å²) in [7, 11) is 3.77. The Labute approximate surface area is 234 Å². The van der Waals surface area contributed by atoms with Crippen molar-refractivity contribution in [3.8, 4) is 11.5 Å². The van der Waals surface area contributed by atoms with E-state index in [0.29, 0.717) is 22.6 Å². The maximum Gasteiger partial charge on any atom is 0.337 e. The van der Waals surface area contributed by atoms with Crippen LogP contribution >= 0.6 is 15.9 Å². The summed E-state index contributed by atoms with van der Waals surface area (Å²) in [5.41, 5.74) is 1.90. The molecule has 1 saturated heterocycles. The summed E-state index contributed by atoms with van der Waals surface area (Å²) in [6, 6.07) is 11.1. The van der Waals surface area contributed by atoms with E-state index in [4.69, 9.17) is 9.47 Å². The van der Waals surface area contributed by atoms with Crippen molar-refractivity contribution in [2.75, 3.05) is 33.8 Å². The molecule has 2 aromatic carbocycles. The molecule has 2 aromatic rings. The summed E-state index contributed by atoms with van der Waals surface area (Å²) in [4.78, 5) is 26.2. The first-order chi connectivity index (χ1) is 18.3. The highest BCUT2D eigenvalue weighted by molar-refractivity contribution is 9.10. The Hall–Kier alpha value is -2.38. The van der Waals surface area contributed by atoms with Crippen LogP contribution in [0, 0.1) is 5.92 Å². The minimum atomic E-state index is -0.562. The molecule has 2 heterocycles. The van der Waals surface area contributed by atoms with Gasteiger partial charge < -0.3 is 19.3 Å². The standard InChI is InChI=1S/C31H39BrN2O4/c1-34(20-21-8-6-4-3-5-7-9-21)16-14-24(15-17-34)33-30(35)29-25-18-22(31(36)37-2)10-12-27(25)38-28-13-11-23(32)19-26(28)29/h10-13,18-19,21,24,29H,3-9,14-17,20H2,1-2H3/p+1. The minimum Gasteiger partial charge on any atom is -0.465 e. The number of nitrogens with one attached hydrogen (secondary N) is 1. The quantitative estimate of drug-likeness (QED) is 0.320. The Morgan fingerprint density at radius 2 is 1.58 bits per heavy atom. The number of benzene rings is 2. The smallest absolute Gasteiger partial charge is 0.337 e. The maximum atomic E-state index is 13.9. The van der Waals surface area contributed by atoms with Gasteiger partial charge in [0.05, 0.1) is 45.3 Å². The number of fused-ring (bicyclic) bond motifs is 2. The van der Waals surface area contributed by atoms with Gasteiger partial charge in [0.25, 0.3) is 0 Å². The molecule has 1 atom stereocenters. The van der Waals surface area contributed by atoms with E-state index in [1.807, 2.05) is 18.2 Å². The van der Waals surface area contributed by atoms with Crippen LogP contribution in [0.25, 0.3) is 0 Å². The number of halogens is 1. The van der Waals surface area contributed by atoms with Crippen molar-refractivity contribution in [2.45, 2.75) is 69.7 Å². The Morgan fingerprint density at radius 1 is 0.947 bits per heavy atom. The number of methoxy groups -OCH3 is 1. The fraction of sp³-hybridized carbons (Fsp3) is 0.548. The zero-order valence-electron chi connectivity index (χ0n) is 22.6. The molecule has 5 rings (SSSR count). The van der Waals surface area contributed by atoms with Gasteiger partial charge in [-0.2, -0.15) is 0 Å². The third-order valence-corrected chi connectivity index (χ3v) is 9.30. The number of carbonyl (C=O) groups excluding carboxylic acids is 2. The van der Waals surface area contributed by atoms with E-state index in [9.17, 15) is 9.59 Å². The molecule has 1 amide bonds. The third kappa shape index (κ3) is 6.09. The number of quaternary nitrogens is 1. The van der Waals surface area contributed by atoms with Crippen LogP contribution in [-0.4, -0.2) is 56.2 Å². The first-order valence-corrected chi connectivity index (χ1v) is 15.0. The van der Waals surface area contributed by atoms with Crippen LogP contribution in [0.5, 0.6) is 11.5 Å². The molecule has 1 unspecified atom stereocenters. The first kappa shape index (κ1) is 27.2. The van der Waals surface area contributed by atoms with Crippen molar-refractivity contribution >= 4 is 27.8 Å². The number of likely N-dealkylation sites (tertiary alicyclic amines) is 1. The van der Waals surface area contributed by atoms with Crippen LogP contribution in [0.2, 0.25) is 0 Å². The number of esters is 1. The van der Waals surface area contributed by atoms with E-state index in [0.717, 1.165) is 46.4 Å². The van der Waals surface area contributed by atoms with E-state index in [1.165, 1.54) is 58.6 Å². The highest BCUT2D eigenvalue weighted by atomic mass is 79.9. The van der Waals surface area contributed by atoms with E-state index in [1.54, 1.807) is 18.2 Å². The molecule has 2 fully saturated rings. The van der Waals surface area contributed by atoms with Crippen LogP contribution in [0.1, 0.15) is 85.2 Å². The Bertz CT molecular complexity index is 1170. The molecule has 204 valence electrons. The van der Waals surface area contributed by atoms with Gasteiger partial charge in [0.15, 0.2) is 0 Å². The number of hydrogen-bond donors (Lipinski definition) is 1. The lowest BCUT2D eigenvalue weighted by Crippen LogP contribution is -2.56. The van der Waals surface area contributed by atoms with Gasteiger partial charge in [0.2, 0.25) is 5.91 Å². The number of carbonyl (C=O) groups is 2. The number of piperidine rings is 1. The van der Waals surface area contributed by atoms with Crippen molar-refractivity contribution in [3.05, 3.63) is 57.6 Å². The number of nitrogens with zero attached hydrogens (tertiary/aromatic N) is 1. The van der Waals surface area contributed by atoms with Gasteiger partial charge in [-0.1, -0.05) is 48.0 Å². The minimum absolute atomic E-state index is 0.0444. The van der Waals surface area contributed by atoms with Crippen molar-refractivity contribution < 1.29 is 23.5 Å². The Balaban J connectivity index is 1.30. The predicted octanol–water partition coefficient (Wildman–Crippen LogP) is 6.56. The van der Waals surface area contributed by atoms with Crippen LogP contribution < -0.4 is 10.1 Å². The van der Waals surface area contributed by atoms with Crippen LogP contribution in [-0.2, 0) is 9.53 Å². The number of amides is 1. The topological polar surface area (TPSA) is 64.6 Å². The average molecular weight is 585 g/mol. The van der Waals surface area contributed by atoms with Crippen molar-refractivity contribution in [1.82, 2.24) is 5.32 Å². The Morgan fingerprint density at radius 3 is 2.26 bits per heavy atom. The van der Waals surface area contributed by atoms with Crippen LogP contribution in [0.15, 0.2) is 40.9 Å². The molecule has 6 nitrogen and oxygen atoms in total. The van der Waals surface area contributed by atoms with Gasteiger partial charge in [0.1, 0.15) is 11.5 Å². The average Bonchev–Trinajstić information content (AvgIpc) is 2.89. The second-order valence-electron chi connectivity index (χ2n) is 11.7. The van der Waals surface area contributed by atoms with Crippen LogP contribution in [0.4, 0.5) is 0 Å². The number of ether oxygens (including phenoxy) is 2. The second-order valence-corrected chi connectivity index (χ2v) is 12.6. The molecule has 38 heavy (non-hydrogen) atoms. The molecule has 1 N–H and O–H groups in total. The molecule has 1 saturated carbocycles. The molecule has 0 bridgehead atoms. The van der Waals surface area contributed by atoms with E-state index < -0.39 is 11.9 Å². The number of rotatable bonds is 5. The van der Waals surface area contributed by atoms with Gasteiger partial charge in [-0.3, -0.25) is 4.79 Å². The predicted molar refractivity (Wildman–Crippen MR) is 152 cm³/mol. The molecular formula is C31H40BrN2O4+. The lowest BCUT2D eigenvalue weighted by molar-refractivity contribution is -0.917. The summed E-state index contributed by atoms with van der Waals surface area (Å²) in [6.07, 6.45) is 11.7. The molecular weight excluding hydrogens is 544 g/mol. The lowest BCUT2D eigenvalue weighted by Gasteiger charge is -2.43. The zero-order valence-corrected chi connectivity index (χ0v) is 24.2.